The van der Waals surface area contributed by atoms with Crippen LogP contribution in [0.4, 0.5) is 0 Å². The maximum atomic E-state index is 11.6. The van der Waals surface area contributed by atoms with Crippen molar-refractivity contribution >= 4 is 37.8 Å². The van der Waals surface area contributed by atoms with Crippen molar-refractivity contribution in [1.29, 1.82) is 0 Å². The van der Waals surface area contributed by atoms with Gasteiger partial charge in [-0.05, 0) is 31.0 Å². The Hall–Kier alpha value is -0.350. The smallest absolute Gasteiger partial charge is 0.251 e. The molecule has 1 aromatic carbocycles. The molecule has 0 radical (unpaired) electrons. The molecule has 0 aliphatic carbocycles. The Kier molecular flexibility index (Phi) is 5.32. The molecule has 2 nitrogen and oxygen atoms in total. The van der Waals surface area contributed by atoms with Crippen molar-refractivity contribution in [2.24, 2.45) is 0 Å². The number of alkyl halides is 1. The summed E-state index contributed by atoms with van der Waals surface area (Å²) in [5.74, 6) is -0.0170. The number of nitrogens with one attached hydrogen (secondary N) is 1. The third-order valence-corrected chi connectivity index (χ3v) is 3.45. The summed E-state index contributed by atoms with van der Waals surface area (Å²) in [5.41, 5.74) is 1.83. The molecule has 15 heavy (non-hydrogen) atoms. The lowest BCUT2D eigenvalue weighted by molar-refractivity contribution is 0.0954. The van der Waals surface area contributed by atoms with Gasteiger partial charge in [-0.1, -0.05) is 37.9 Å². The van der Waals surface area contributed by atoms with Crippen molar-refractivity contribution in [1.82, 2.24) is 5.32 Å². The van der Waals surface area contributed by atoms with Crippen molar-refractivity contribution < 1.29 is 4.79 Å². The van der Waals surface area contributed by atoms with Crippen molar-refractivity contribution in [3.8, 4) is 0 Å². The van der Waals surface area contributed by atoms with Crippen LogP contribution in [0.15, 0.2) is 22.7 Å². The summed E-state index contributed by atoms with van der Waals surface area (Å²) in [7, 11) is 0. The number of carbonyl (C=O) groups excluding carboxylic acids is 1. The lowest BCUT2D eigenvalue weighted by Crippen LogP contribution is -2.24. The van der Waals surface area contributed by atoms with Gasteiger partial charge in [0.05, 0.1) is 0 Å². The lowest BCUT2D eigenvalue weighted by Gasteiger charge is -2.05. The zero-order valence-electron chi connectivity index (χ0n) is 8.52. The first-order valence-electron chi connectivity index (χ1n) is 4.75. The molecule has 0 aliphatic rings. The topological polar surface area (TPSA) is 29.1 Å². The number of hydrogen-bond acceptors (Lipinski definition) is 1. The van der Waals surface area contributed by atoms with Crippen LogP contribution in [-0.2, 0) is 0 Å². The van der Waals surface area contributed by atoms with Crippen molar-refractivity contribution in [3.05, 3.63) is 33.8 Å². The molecule has 1 amide bonds. The monoisotopic (exact) mass is 333 g/mol. The van der Waals surface area contributed by atoms with E-state index in [0.717, 1.165) is 21.8 Å². The number of hydrogen-bond donors (Lipinski definition) is 1. The second-order valence-corrected chi connectivity index (χ2v) is 4.91. The summed E-state index contributed by atoms with van der Waals surface area (Å²) in [5, 5.41) is 3.76. The molecule has 0 fully saturated rings. The van der Waals surface area contributed by atoms with Crippen LogP contribution in [0.3, 0.4) is 0 Å². The van der Waals surface area contributed by atoms with Crippen molar-refractivity contribution in [2.75, 3.05) is 11.9 Å². The van der Waals surface area contributed by atoms with Gasteiger partial charge >= 0.3 is 0 Å². The highest BCUT2D eigenvalue weighted by atomic mass is 79.9. The predicted octanol–water partition coefficient (Wildman–Crippen LogP) is 3.27. The van der Waals surface area contributed by atoms with E-state index in [1.54, 1.807) is 0 Å². The number of amides is 1. The van der Waals surface area contributed by atoms with Gasteiger partial charge in [0.1, 0.15) is 0 Å². The van der Waals surface area contributed by atoms with Crippen LogP contribution in [0.1, 0.15) is 22.3 Å². The molecule has 0 saturated carbocycles. The fraction of sp³-hybridized carbons (Fsp3) is 0.364. The molecular formula is C11H13Br2NO. The minimum Gasteiger partial charge on any atom is -0.352 e. The van der Waals surface area contributed by atoms with Gasteiger partial charge in [0.25, 0.3) is 5.91 Å². The predicted molar refractivity (Wildman–Crippen MR) is 69.6 cm³/mol. The molecule has 0 bridgehead atoms. The maximum Gasteiger partial charge on any atom is 0.251 e. The first-order valence-corrected chi connectivity index (χ1v) is 6.67. The van der Waals surface area contributed by atoms with Crippen LogP contribution < -0.4 is 5.32 Å². The Morgan fingerprint density at radius 1 is 1.47 bits per heavy atom. The molecule has 1 aromatic rings. The fourth-order valence-corrected chi connectivity index (χ4v) is 1.76. The standard InChI is InChI=1S/C11H13Br2NO/c1-8-3-4-9(7-10(8)13)11(15)14-6-2-5-12/h3-4,7H,2,5-6H2,1H3,(H,14,15). The van der Waals surface area contributed by atoms with Gasteiger partial charge in [0.15, 0.2) is 0 Å². The molecular weight excluding hydrogens is 322 g/mol. The summed E-state index contributed by atoms with van der Waals surface area (Å²) in [4.78, 5) is 11.6. The third kappa shape index (κ3) is 3.95. The van der Waals surface area contributed by atoms with Gasteiger partial charge < -0.3 is 5.32 Å². The Labute approximate surface area is 107 Å². The van der Waals surface area contributed by atoms with E-state index in [9.17, 15) is 4.79 Å². The van der Waals surface area contributed by atoms with E-state index >= 15 is 0 Å². The van der Waals surface area contributed by atoms with Gasteiger partial charge in [-0.15, -0.1) is 0 Å². The maximum absolute atomic E-state index is 11.6. The van der Waals surface area contributed by atoms with Crippen LogP contribution in [0.25, 0.3) is 0 Å². The Bertz CT molecular complexity index is 352. The molecule has 0 saturated heterocycles. The van der Waals surface area contributed by atoms with E-state index in [1.807, 2.05) is 25.1 Å². The summed E-state index contributed by atoms with van der Waals surface area (Å²) in [6.07, 6.45) is 0.943. The Balaban J connectivity index is 2.62. The largest absolute Gasteiger partial charge is 0.352 e. The number of halogens is 2. The Morgan fingerprint density at radius 2 is 2.20 bits per heavy atom. The molecule has 82 valence electrons. The first-order chi connectivity index (χ1) is 7.15. The average molecular weight is 335 g/mol. The van der Waals surface area contributed by atoms with E-state index in [0.29, 0.717) is 12.1 Å². The van der Waals surface area contributed by atoms with Gasteiger partial charge in [-0.3, -0.25) is 4.79 Å². The summed E-state index contributed by atoms with van der Waals surface area (Å²) < 4.78 is 0.968. The van der Waals surface area contributed by atoms with E-state index in [-0.39, 0.29) is 5.91 Å². The van der Waals surface area contributed by atoms with Gasteiger partial charge in [-0.2, -0.15) is 0 Å². The molecule has 0 aliphatic heterocycles. The third-order valence-electron chi connectivity index (χ3n) is 2.03. The van der Waals surface area contributed by atoms with Gasteiger partial charge in [0.2, 0.25) is 0 Å². The van der Waals surface area contributed by atoms with E-state index < -0.39 is 0 Å². The average Bonchev–Trinajstić information content (AvgIpc) is 2.22. The summed E-state index contributed by atoms with van der Waals surface area (Å²) in [6, 6.07) is 5.62. The van der Waals surface area contributed by atoms with E-state index in [2.05, 4.69) is 37.2 Å². The second-order valence-electron chi connectivity index (χ2n) is 3.26. The van der Waals surface area contributed by atoms with Crippen LogP contribution in [0, 0.1) is 6.92 Å². The van der Waals surface area contributed by atoms with Crippen LogP contribution >= 0.6 is 31.9 Å². The lowest BCUT2D eigenvalue weighted by atomic mass is 10.1. The number of aryl methyl sites for hydroxylation is 1. The highest BCUT2D eigenvalue weighted by molar-refractivity contribution is 9.10. The van der Waals surface area contributed by atoms with E-state index in [4.69, 9.17) is 0 Å². The minimum atomic E-state index is -0.0170. The molecule has 0 aromatic heterocycles. The zero-order chi connectivity index (χ0) is 11.3. The fourth-order valence-electron chi connectivity index (χ4n) is 1.10. The quantitative estimate of drug-likeness (QED) is 0.664. The number of carbonyl (C=O) groups is 1. The molecule has 0 spiro atoms. The number of benzene rings is 1. The number of rotatable bonds is 4. The molecule has 0 atom stereocenters. The molecule has 1 N–H and O–H groups in total. The first kappa shape index (κ1) is 12.7. The molecule has 0 heterocycles. The van der Waals surface area contributed by atoms with Crippen LogP contribution in [0.5, 0.6) is 0 Å². The molecule has 1 rings (SSSR count). The van der Waals surface area contributed by atoms with Gasteiger partial charge in [0, 0.05) is 21.9 Å². The van der Waals surface area contributed by atoms with Crippen molar-refractivity contribution in [2.45, 2.75) is 13.3 Å². The SMILES string of the molecule is Cc1ccc(C(=O)NCCCBr)cc1Br. The zero-order valence-corrected chi connectivity index (χ0v) is 11.7. The second kappa shape index (κ2) is 6.28. The van der Waals surface area contributed by atoms with Crippen LogP contribution in [0.2, 0.25) is 0 Å². The van der Waals surface area contributed by atoms with Crippen LogP contribution in [-0.4, -0.2) is 17.8 Å². The summed E-state index contributed by atoms with van der Waals surface area (Å²) in [6.45, 7) is 2.70. The Morgan fingerprint density at radius 3 is 2.80 bits per heavy atom. The van der Waals surface area contributed by atoms with Crippen molar-refractivity contribution in [3.63, 3.8) is 0 Å². The normalized spacial score (nSPS) is 10.1. The van der Waals surface area contributed by atoms with E-state index in [1.165, 1.54) is 0 Å². The van der Waals surface area contributed by atoms with Gasteiger partial charge in [-0.25, -0.2) is 0 Å². The highest BCUT2D eigenvalue weighted by Gasteiger charge is 2.05. The molecule has 4 heteroatoms. The molecule has 0 unspecified atom stereocenters. The highest BCUT2D eigenvalue weighted by Crippen LogP contribution is 2.17. The summed E-state index contributed by atoms with van der Waals surface area (Å²) >= 11 is 6.73. The minimum absolute atomic E-state index is 0.0170.